The van der Waals surface area contributed by atoms with E-state index in [-0.39, 0.29) is 5.75 Å². The van der Waals surface area contributed by atoms with Gasteiger partial charge in [-0.2, -0.15) is 0 Å². The Morgan fingerprint density at radius 3 is 2.65 bits per heavy atom. The number of ether oxygens (including phenoxy) is 1. The summed E-state index contributed by atoms with van der Waals surface area (Å²) in [6.45, 7) is 5.78. The smallest absolute Gasteiger partial charge is 0.241 e. The highest BCUT2D eigenvalue weighted by molar-refractivity contribution is 7.92. The number of allylic oxidation sites excluding steroid dienone is 1. The van der Waals surface area contributed by atoms with Crippen molar-refractivity contribution < 1.29 is 18.3 Å². The predicted octanol–water partition coefficient (Wildman–Crippen LogP) is 3.87. The third kappa shape index (κ3) is 5.24. The van der Waals surface area contributed by atoms with Crippen molar-refractivity contribution in [2.45, 2.75) is 27.2 Å². The third-order valence-electron chi connectivity index (χ3n) is 4.51. The first kappa shape index (κ1) is 22.4. The molecule has 0 aliphatic heterocycles. The van der Waals surface area contributed by atoms with Gasteiger partial charge in [-0.3, -0.25) is 4.72 Å². The number of sulfonamides is 1. The fourth-order valence-corrected chi connectivity index (χ4v) is 3.83. The molecule has 0 unspecified atom stereocenters. The molecule has 0 radical (unpaired) electrons. The lowest BCUT2D eigenvalue weighted by molar-refractivity contribution is 0.404. The van der Waals surface area contributed by atoms with E-state index in [0.717, 1.165) is 29.4 Å². The number of fused-ring (bicyclic) bond motifs is 1. The number of aliphatic imine (C=N–C) groups is 1. The van der Waals surface area contributed by atoms with Crippen LogP contribution in [0.2, 0.25) is 0 Å². The van der Waals surface area contributed by atoms with E-state index in [0.29, 0.717) is 28.6 Å². The number of rotatable bonds is 6. The van der Waals surface area contributed by atoms with Crippen molar-refractivity contribution in [2.24, 2.45) is 4.99 Å². The van der Waals surface area contributed by atoms with Crippen LogP contribution in [-0.2, 0) is 14.8 Å². The number of aromatic nitrogens is 2. The number of pyridine rings is 1. The van der Waals surface area contributed by atoms with Crippen LogP contribution in [0.4, 0.5) is 5.69 Å². The van der Waals surface area contributed by atoms with Crippen molar-refractivity contribution in [3.8, 4) is 5.75 Å². The molecule has 9 heteroatoms. The first-order valence-electron chi connectivity index (χ1n) is 9.71. The Balaban J connectivity index is 2.05. The molecule has 2 N–H and O–H groups in total. The van der Waals surface area contributed by atoms with Crippen molar-refractivity contribution >= 4 is 33.0 Å². The Morgan fingerprint density at radius 2 is 2.03 bits per heavy atom. The van der Waals surface area contributed by atoms with Crippen LogP contribution >= 0.6 is 0 Å². The molecule has 2 heterocycles. The van der Waals surface area contributed by atoms with Crippen molar-refractivity contribution in [1.29, 1.82) is 0 Å². The molecule has 3 aromatic rings. The SMILES string of the molecule is CC/C=C(/N=C(OC)c1cn2cc(C)cc(O)c2n1)c1ccc(NS(C)(=O)=O)cc1C. The van der Waals surface area contributed by atoms with Crippen molar-refractivity contribution in [3.05, 3.63) is 65.1 Å². The maximum Gasteiger partial charge on any atom is 0.241 e. The number of nitrogens with zero attached hydrogens (tertiary/aromatic N) is 3. The Hall–Kier alpha value is -3.33. The Labute approximate surface area is 182 Å². The number of hydrogen-bond acceptors (Lipinski definition) is 6. The average Bonchev–Trinajstić information content (AvgIpc) is 3.08. The standard InChI is InChI=1S/C22H26N4O4S/c1-6-7-18(17-9-8-16(11-15(17)3)25-31(5,28)29)24-22(30-4)19-13-26-12-14(2)10-20(27)21(26)23-19/h7-13,25,27H,6H2,1-5H3/b18-7+,24-22?. The maximum atomic E-state index is 11.5. The highest BCUT2D eigenvalue weighted by atomic mass is 32.2. The Morgan fingerprint density at radius 1 is 1.29 bits per heavy atom. The molecule has 8 nitrogen and oxygen atoms in total. The lowest BCUT2D eigenvalue weighted by Gasteiger charge is -2.11. The van der Waals surface area contributed by atoms with Gasteiger partial charge in [-0.05, 0) is 49.6 Å². The van der Waals surface area contributed by atoms with E-state index >= 15 is 0 Å². The van der Waals surface area contributed by atoms with Gasteiger partial charge in [0.15, 0.2) is 11.4 Å². The van der Waals surface area contributed by atoms with Crippen LogP contribution in [-0.4, -0.2) is 42.2 Å². The fraction of sp³-hybridized carbons (Fsp3) is 0.273. The van der Waals surface area contributed by atoms with E-state index < -0.39 is 10.0 Å². The van der Waals surface area contributed by atoms with Gasteiger partial charge in [0.25, 0.3) is 0 Å². The summed E-state index contributed by atoms with van der Waals surface area (Å²) in [5.41, 5.74) is 4.67. The molecule has 0 aliphatic carbocycles. The molecule has 0 aliphatic rings. The van der Waals surface area contributed by atoms with E-state index in [1.54, 1.807) is 28.8 Å². The minimum Gasteiger partial charge on any atom is -0.504 e. The molecule has 0 spiro atoms. The quantitative estimate of drug-likeness (QED) is 0.445. The van der Waals surface area contributed by atoms with E-state index in [4.69, 9.17) is 9.73 Å². The highest BCUT2D eigenvalue weighted by Crippen LogP contribution is 2.26. The summed E-state index contributed by atoms with van der Waals surface area (Å²) in [5.74, 6) is 0.383. The lowest BCUT2D eigenvalue weighted by atomic mass is 10.0. The second kappa shape index (κ2) is 8.81. The van der Waals surface area contributed by atoms with Gasteiger partial charge >= 0.3 is 0 Å². The van der Waals surface area contributed by atoms with Crippen molar-refractivity contribution in [1.82, 2.24) is 9.38 Å². The van der Waals surface area contributed by atoms with Crippen LogP contribution in [0, 0.1) is 13.8 Å². The Bertz CT molecular complexity index is 1290. The lowest BCUT2D eigenvalue weighted by Crippen LogP contribution is -2.10. The molecule has 0 saturated heterocycles. The monoisotopic (exact) mass is 442 g/mol. The zero-order chi connectivity index (χ0) is 22.8. The summed E-state index contributed by atoms with van der Waals surface area (Å²) in [4.78, 5) is 9.16. The predicted molar refractivity (Wildman–Crippen MR) is 123 cm³/mol. The summed E-state index contributed by atoms with van der Waals surface area (Å²) in [5, 5.41) is 10.2. The van der Waals surface area contributed by atoms with E-state index in [1.807, 2.05) is 39.1 Å². The fourth-order valence-electron chi connectivity index (χ4n) is 3.28. The molecule has 1 aromatic carbocycles. The van der Waals surface area contributed by atoms with Crippen molar-refractivity contribution in [3.63, 3.8) is 0 Å². The van der Waals surface area contributed by atoms with Gasteiger partial charge < -0.3 is 14.2 Å². The molecule has 2 aromatic heterocycles. The van der Waals surface area contributed by atoms with Crippen LogP contribution < -0.4 is 4.72 Å². The van der Waals surface area contributed by atoms with Crippen LogP contribution in [0.1, 0.15) is 35.7 Å². The number of hydrogen-bond donors (Lipinski definition) is 2. The number of anilines is 1. The topological polar surface area (TPSA) is 105 Å². The van der Waals surface area contributed by atoms with Gasteiger partial charge in [-0.15, -0.1) is 0 Å². The first-order chi connectivity index (χ1) is 14.6. The highest BCUT2D eigenvalue weighted by Gasteiger charge is 2.15. The zero-order valence-electron chi connectivity index (χ0n) is 18.2. The number of benzene rings is 1. The van der Waals surface area contributed by atoms with Gasteiger partial charge in [0, 0.05) is 23.6 Å². The minimum absolute atomic E-state index is 0.0795. The van der Waals surface area contributed by atoms with Crippen LogP contribution in [0.25, 0.3) is 11.3 Å². The number of imidazole rings is 1. The Kier molecular flexibility index (Phi) is 6.35. The molecule has 0 saturated carbocycles. The second-order valence-electron chi connectivity index (χ2n) is 7.28. The van der Waals surface area contributed by atoms with Gasteiger partial charge in [0.1, 0.15) is 5.69 Å². The van der Waals surface area contributed by atoms with Gasteiger partial charge in [0.2, 0.25) is 15.9 Å². The number of aryl methyl sites for hydroxylation is 2. The summed E-state index contributed by atoms with van der Waals surface area (Å²) < 4.78 is 32.7. The first-order valence-corrected chi connectivity index (χ1v) is 11.6. The minimum atomic E-state index is -3.36. The zero-order valence-corrected chi connectivity index (χ0v) is 19.0. The van der Waals surface area contributed by atoms with Crippen LogP contribution in [0.3, 0.4) is 0 Å². The molecule has 0 atom stereocenters. The third-order valence-corrected chi connectivity index (χ3v) is 5.11. The largest absolute Gasteiger partial charge is 0.504 e. The molecular weight excluding hydrogens is 416 g/mol. The van der Waals surface area contributed by atoms with Crippen molar-refractivity contribution in [2.75, 3.05) is 18.1 Å². The number of aromatic hydroxyl groups is 1. The molecular formula is C22H26N4O4S. The maximum absolute atomic E-state index is 11.5. The number of methoxy groups -OCH3 is 1. The van der Waals surface area contributed by atoms with Gasteiger partial charge in [0.05, 0.1) is 19.1 Å². The molecule has 164 valence electrons. The normalized spacial score (nSPS) is 12.9. The van der Waals surface area contributed by atoms with E-state index in [2.05, 4.69) is 9.71 Å². The van der Waals surface area contributed by atoms with Gasteiger partial charge in [-0.25, -0.2) is 18.4 Å². The second-order valence-corrected chi connectivity index (χ2v) is 9.03. The molecule has 3 rings (SSSR count). The average molecular weight is 443 g/mol. The molecule has 0 fully saturated rings. The summed E-state index contributed by atoms with van der Waals surface area (Å²) in [6, 6.07) is 6.92. The summed E-state index contributed by atoms with van der Waals surface area (Å²) >= 11 is 0. The molecule has 0 amide bonds. The van der Waals surface area contributed by atoms with E-state index in [1.165, 1.54) is 7.11 Å². The summed E-state index contributed by atoms with van der Waals surface area (Å²) in [7, 11) is -1.84. The summed E-state index contributed by atoms with van der Waals surface area (Å²) in [6.07, 6.45) is 7.42. The van der Waals surface area contributed by atoms with Crippen LogP contribution in [0.5, 0.6) is 5.75 Å². The number of nitrogens with one attached hydrogen (secondary N) is 1. The molecule has 0 bridgehead atoms. The molecule has 31 heavy (non-hydrogen) atoms. The van der Waals surface area contributed by atoms with Gasteiger partial charge in [-0.1, -0.05) is 19.1 Å². The van der Waals surface area contributed by atoms with E-state index in [9.17, 15) is 13.5 Å². The van der Waals surface area contributed by atoms with Crippen LogP contribution in [0.15, 0.2) is 47.7 Å².